The minimum Gasteiger partial charge on any atom is -0.739 e. The molecule has 2 aromatic heterocycles. The number of benzene rings is 1. The topological polar surface area (TPSA) is 134 Å². The van der Waals surface area contributed by atoms with Crippen LogP contribution in [0.3, 0.4) is 0 Å². The van der Waals surface area contributed by atoms with Gasteiger partial charge in [-0.25, -0.2) is 4.73 Å². The van der Waals surface area contributed by atoms with E-state index in [1.165, 1.54) is 18.3 Å². The molecule has 1 aliphatic heterocycles. The van der Waals surface area contributed by atoms with Gasteiger partial charge in [0.05, 0.1) is 19.2 Å². The smallest absolute Gasteiger partial charge is 0.460 e. The fourth-order valence-electron chi connectivity index (χ4n) is 3.26. The van der Waals surface area contributed by atoms with Gasteiger partial charge in [-0.3, -0.25) is 10.1 Å². The standard InChI is InChI=1S/C19H17F3N6O5/c20-19(21,22)11-26-8-5-13(10-26)32-17(29)4-6-23-18-25-28(31)15-9-12(16-3-7-24-33-16)1-2-14(15)27(18)30/h1-3,7,9-10H,4-6,8,11H2,(H,23,25). The number of alkyl halides is 3. The van der Waals surface area contributed by atoms with E-state index in [0.29, 0.717) is 16.1 Å². The molecule has 1 aromatic carbocycles. The Balaban J connectivity index is 1.36. The number of carbonyl (C=O) groups excluding carboxylic acids is 1. The van der Waals surface area contributed by atoms with E-state index in [9.17, 15) is 28.4 Å². The van der Waals surface area contributed by atoms with Crippen molar-refractivity contribution in [3.8, 4) is 11.3 Å². The third-order valence-electron chi connectivity index (χ3n) is 4.71. The summed E-state index contributed by atoms with van der Waals surface area (Å²) in [6, 6.07) is 6.03. The van der Waals surface area contributed by atoms with Crippen molar-refractivity contribution < 1.29 is 36.8 Å². The van der Waals surface area contributed by atoms with Gasteiger partial charge in [0.1, 0.15) is 12.3 Å². The Morgan fingerprint density at radius 1 is 1.27 bits per heavy atom. The van der Waals surface area contributed by atoms with Crippen LogP contribution in [0.1, 0.15) is 12.8 Å². The fourth-order valence-corrected chi connectivity index (χ4v) is 3.26. The molecule has 0 bridgehead atoms. The van der Waals surface area contributed by atoms with Crippen molar-refractivity contribution in [1.82, 2.24) is 15.2 Å². The quantitative estimate of drug-likeness (QED) is 0.313. The Morgan fingerprint density at radius 2 is 2.09 bits per heavy atom. The van der Waals surface area contributed by atoms with E-state index < -0.39 is 18.7 Å². The molecule has 0 aliphatic carbocycles. The normalized spacial score (nSPS) is 13.9. The van der Waals surface area contributed by atoms with Gasteiger partial charge in [-0.1, -0.05) is 5.16 Å². The van der Waals surface area contributed by atoms with Gasteiger partial charge >= 0.3 is 18.1 Å². The van der Waals surface area contributed by atoms with Gasteiger partial charge in [0, 0.05) is 41.7 Å². The minimum absolute atomic E-state index is 0.000409. The van der Waals surface area contributed by atoms with Crippen LogP contribution in [-0.2, 0) is 9.53 Å². The van der Waals surface area contributed by atoms with Gasteiger partial charge < -0.3 is 24.6 Å². The molecule has 174 valence electrons. The molecule has 11 nitrogen and oxygen atoms in total. The molecular formula is C19H17F3N6O5. The molecule has 3 aromatic rings. The molecular weight excluding hydrogens is 449 g/mol. The Hall–Kier alpha value is -4.10. The zero-order chi connectivity index (χ0) is 23.6. The summed E-state index contributed by atoms with van der Waals surface area (Å²) in [4.78, 5) is 13.2. The number of halogens is 3. The SMILES string of the molecule is O=C(CCNc1n[n+]([O-])c2cc(-c3ccno3)ccc2[n+]1[O-])OC1=CN(CC(F)(F)F)CC1. The Kier molecular flexibility index (Phi) is 5.89. The summed E-state index contributed by atoms with van der Waals surface area (Å²) in [6.45, 7) is -1.11. The number of rotatable bonds is 7. The van der Waals surface area contributed by atoms with E-state index in [-0.39, 0.29) is 53.5 Å². The van der Waals surface area contributed by atoms with Gasteiger partial charge in [-0.2, -0.15) is 13.2 Å². The number of nitrogens with one attached hydrogen (secondary N) is 1. The first-order valence-electron chi connectivity index (χ1n) is 9.74. The third kappa shape index (κ3) is 5.22. The van der Waals surface area contributed by atoms with Crippen molar-refractivity contribution in [1.29, 1.82) is 0 Å². The van der Waals surface area contributed by atoms with E-state index in [0.717, 1.165) is 11.1 Å². The zero-order valence-electron chi connectivity index (χ0n) is 16.9. The van der Waals surface area contributed by atoms with E-state index in [4.69, 9.17) is 9.26 Å². The van der Waals surface area contributed by atoms with Gasteiger partial charge in [0.15, 0.2) is 11.3 Å². The molecule has 14 heteroatoms. The zero-order valence-corrected chi connectivity index (χ0v) is 16.9. The molecule has 1 aliphatic rings. The Bertz CT molecular complexity index is 1200. The average molecular weight is 466 g/mol. The van der Waals surface area contributed by atoms with Gasteiger partial charge in [-0.05, 0) is 12.1 Å². The molecule has 1 N–H and O–H groups in total. The fraction of sp³-hybridized carbons (Fsp3) is 0.316. The first-order valence-corrected chi connectivity index (χ1v) is 9.74. The number of anilines is 1. The molecule has 0 amide bonds. The number of carbonyl (C=O) groups is 1. The third-order valence-corrected chi connectivity index (χ3v) is 4.71. The summed E-state index contributed by atoms with van der Waals surface area (Å²) in [7, 11) is 0. The maximum absolute atomic E-state index is 12.6. The number of hydrogen-bond acceptors (Lipinski definition) is 9. The van der Waals surface area contributed by atoms with E-state index >= 15 is 0 Å². The molecule has 0 radical (unpaired) electrons. The number of fused-ring (bicyclic) bond motifs is 1. The maximum Gasteiger partial charge on any atom is 0.460 e. The lowest BCUT2D eigenvalue weighted by molar-refractivity contribution is -0.672. The molecule has 0 fully saturated rings. The maximum atomic E-state index is 12.6. The molecule has 0 atom stereocenters. The predicted octanol–water partition coefficient (Wildman–Crippen LogP) is 1.61. The van der Waals surface area contributed by atoms with Crippen LogP contribution in [0.2, 0.25) is 0 Å². The van der Waals surface area contributed by atoms with Crippen molar-refractivity contribution in [2.45, 2.75) is 19.0 Å². The number of nitrogens with zero attached hydrogens (tertiary/aromatic N) is 5. The predicted molar refractivity (Wildman–Crippen MR) is 105 cm³/mol. The minimum atomic E-state index is -4.35. The van der Waals surface area contributed by atoms with Crippen molar-refractivity contribution in [3.05, 3.63) is 52.8 Å². The molecule has 0 saturated heterocycles. The van der Waals surface area contributed by atoms with Crippen LogP contribution in [0.5, 0.6) is 0 Å². The second-order valence-electron chi connectivity index (χ2n) is 7.15. The summed E-state index contributed by atoms with van der Waals surface area (Å²) in [5, 5.41) is 34.7. The first-order chi connectivity index (χ1) is 15.7. The lowest BCUT2D eigenvalue weighted by atomic mass is 10.1. The van der Waals surface area contributed by atoms with E-state index in [2.05, 4.69) is 15.6 Å². The van der Waals surface area contributed by atoms with Crippen LogP contribution in [0.25, 0.3) is 22.4 Å². The highest BCUT2D eigenvalue weighted by molar-refractivity contribution is 5.75. The Morgan fingerprint density at radius 3 is 2.82 bits per heavy atom. The molecule has 3 heterocycles. The first kappa shape index (κ1) is 22.1. The van der Waals surface area contributed by atoms with Crippen molar-refractivity contribution >= 4 is 23.0 Å². The summed E-state index contributed by atoms with van der Waals surface area (Å²) in [6.07, 6.45) is -1.79. The summed E-state index contributed by atoms with van der Waals surface area (Å²) < 4.78 is 47.7. The van der Waals surface area contributed by atoms with Gasteiger partial charge in [-0.15, -0.1) is 0 Å². The molecule has 0 saturated carbocycles. The summed E-state index contributed by atoms with van der Waals surface area (Å²) >= 11 is 0. The number of ether oxygens (including phenoxy) is 1. The molecule has 33 heavy (non-hydrogen) atoms. The Labute approximate surface area is 183 Å². The van der Waals surface area contributed by atoms with Gasteiger partial charge in [0.2, 0.25) is 5.10 Å². The van der Waals surface area contributed by atoms with Gasteiger partial charge in [0.25, 0.3) is 5.52 Å². The van der Waals surface area contributed by atoms with Crippen LogP contribution >= 0.6 is 0 Å². The lowest BCUT2D eigenvalue weighted by Gasteiger charge is -2.16. The highest BCUT2D eigenvalue weighted by atomic mass is 19.4. The van der Waals surface area contributed by atoms with Crippen molar-refractivity contribution in [3.63, 3.8) is 0 Å². The summed E-state index contributed by atoms with van der Waals surface area (Å²) in [5.74, 6) is -0.484. The number of esters is 1. The van der Waals surface area contributed by atoms with Crippen molar-refractivity contribution in [2.24, 2.45) is 0 Å². The number of aromatic nitrogens is 4. The van der Waals surface area contributed by atoms with Crippen LogP contribution in [0.4, 0.5) is 19.1 Å². The molecule has 0 unspecified atom stereocenters. The second kappa shape index (κ2) is 8.80. The van der Waals surface area contributed by atoms with Crippen molar-refractivity contribution in [2.75, 3.05) is 25.0 Å². The molecule has 0 spiro atoms. The lowest BCUT2D eigenvalue weighted by Crippen LogP contribution is -2.44. The number of hydrogen-bond donors (Lipinski definition) is 1. The largest absolute Gasteiger partial charge is 0.739 e. The van der Waals surface area contributed by atoms with E-state index in [1.54, 1.807) is 12.1 Å². The van der Waals surface area contributed by atoms with Crippen LogP contribution < -0.4 is 14.9 Å². The van der Waals surface area contributed by atoms with Crippen LogP contribution in [-0.4, -0.2) is 46.9 Å². The molecule has 4 rings (SSSR count). The van der Waals surface area contributed by atoms with Crippen LogP contribution in [0, 0.1) is 10.4 Å². The average Bonchev–Trinajstić information content (AvgIpc) is 3.42. The van der Waals surface area contributed by atoms with Crippen LogP contribution in [0.15, 0.2) is 46.9 Å². The summed E-state index contributed by atoms with van der Waals surface area (Å²) in [5.41, 5.74) is 0.569. The highest BCUT2D eigenvalue weighted by Crippen LogP contribution is 2.23. The second-order valence-corrected chi connectivity index (χ2v) is 7.15. The highest BCUT2D eigenvalue weighted by Gasteiger charge is 2.32. The monoisotopic (exact) mass is 466 g/mol. The van der Waals surface area contributed by atoms with E-state index in [1.807, 2.05) is 0 Å².